The van der Waals surface area contributed by atoms with Gasteiger partial charge in [-0.2, -0.15) is 0 Å². The molecule has 9 heteroatoms. The molecule has 2 amide bonds. The van der Waals surface area contributed by atoms with E-state index in [0.717, 1.165) is 25.3 Å². The van der Waals surface area contributed by atoms with Crippen molar-refractivity contribution < 1.29 is 19.1 Å². The summed E-state index contributed by atoms with van der Waals surface area (Å²) in [5.41, 5.74) is -0.706. The summed E-state index contributed by atoms with van der Waals surface area (Å²) in [5.74, 6) is -1.83. The van der Waals surface area contributed by atoms with E-state index in [1.165, 1.54) is 22.9 Å². The summed E-state index contributed by atoms with van der Waals surface area (Å²) in [7, 11) is 0. The zero-order chi connectivity index (χ0) is 21.2. The predicted molar refractivity (Wildman–Crippen MR) is 106 cm³/mol. The molecule has 3 aliphatic rings. The monoisotopic (exact) mass is 431 g/mol. The number of aromatic hydroxyl groups is 1. The minimum Gasteiger partial charge on any atom is -0.503 e. The van der Waals surface area contributed by atoms with Crippen LogP contribution in [-0.4, -0.2) is 38.5 Å². The Balaban J connectivity index is 1.44. The van der Waals surface area contributed by atoms with E-state index in [4.69, 9.17) is 11.6 Å². The number of aromatic nitrogens is 1. The number of carbonyl (C=O) groups is 2. The lowest BCUT2D eigenvalue weighted by molar-refractivity contribution is 0.0482. The largest absolute Gasteiger partial charge is 0.503 e. The van der Waals surface area contributed by atoms with E-state index in [0.29, 0.717) is 18.0 Å². The van der Waals surface area contributed by atoms with Crippen molar-refractivity contribution in [3.8, 4) is 5.75 Å². The van der Waals surface area contributed by atoms with Gasteiger partial charge >= 0.3 is 0 Å². The molecular weight excluding hydrogens is 413 g/mol. The number of halogens is 2. The van der Waals surface area contributed by atoms with Gasteiger partial charge in [-0.3, -0.25) is 14.4 Å². The first kappa shape index (κ1) is 19.1. The highest BCUT2D eigenvalue weighted by Gasteiger charge is 2.51. The van der Waals surface area contributed by atoms with Crippen molar-refractivity contribution in [1.29, 1.82) is 0 Å². The molecule has 2 bridgehead atoms. The second kappa shape index (κ2) is 6.84. The number of fused-ring (bicyclic) bond motifs is 6. The Morgan fingerprint density at radius 1 is 1.30 bits per heavy atom. The summed E-state index contributed by atoms with van der Waals surface area (Å²) >= 11 is 5.97. The number of benzene rings is 1. The summed E-state index contributed by atoms with van der Waals surface area (Å²) < 4.78 is 14.7. The Hall–Kier alpha value is -2.87. The Morgan fingerprint density at radius 2 is 2.10 bits per heavy atom. The summed E-state index contributed by atoms with van der Waals surface area (Å²) in [4.78, 5) is 40.1. The highest BCUT2D eigenvalue weighted by molar-refractivity contribution is 6.31. The summed E-state index contributed by atoms with van der Waals surface area (Å²) in [6, 6.07) is 3.99. The molecule has 2 aliphatic heterocycles. The number of pyridine rings is 1. The van der Waals surface area contributed by atoms with E-state index in [1.54, 1.807) is 4.90 Å². The number of nitrogens with one attached hydrogen (secondary N) is 1. The first-order chi connectivity index (χ1) is 14.3. The van der Waals surface area contributed by atoms with Crippen LogP contribution in [0.1, 0.15) is 45.7 Å². The Kier molecular flexibility index (Phi) is 4.36. The van der Waals surface area contributed by atoms with Gasteiger partial charge in [0.2, 0.25) is 5.43 Å². The number of carbonyl (C=O) groups excluding carboxylic acids is 2. The van der Waals surface area contributed by atoms with Crippen molar-refractivity contribution in [3.63, 3.8) is 0 Å². The molecule has 5 rings (SSSR count). The lowest BCUT2D eigenvalue weighted by Crippen LogP contribution is -2.52. The molecule has 156 valence electrons. The standard InChI is InChI=1S/C21H19ClFN3O4/c22-15-6-12(23)3-1-11(15)7-24-20(29)14-8-25-9-16-10-2-4-13(5-10)26(16)21(30)17(25)19(28)18(14)27/h1,3,6,8,10,13,16,28H,2,4-5,7,9H2,(H,24,29). The van der Waals surface area contributed by atoms with Crippen molar-refractivity contribution >= 4 is 23.4 Å². The van der Waals surface area contributed by atoms with Gasteiger partial charge in [0.25, 0.3) is 11.8 Å². The van der Waals surface area contributed by atoms with Crippen molar-refractivity contribution in [3.05, 3.63) is 62.3 Å². The zero-order valence-corrected chi connectivity index (χ0v) is 16.7. The molecule has 3 unspecified atom stereocenters. The molecule has 2 N–H and O–H groups in total. The third kappa shape index (κ3) is 2.81. The van der Waals surface area contributed by atoms with Crippen LogP contribution in [-0.2, 0) is 13.1 Å². The predicted octanol–water partition coefficient (Wildman–Crippen LogP) is 2.28. The SMILES string of the molecule is O=C(NCc1ccc(F)cc1Cl)c1cn2c(c(O)c1=O)C(=O)N1C3CCC(C3)C1C2. The topological polar surface area (TPSA) is 91.6 Å². The fourth-order valence-corrected chi connectivity index (χ4v) is 5.32. The van der Waals surface area contributed by atoms with Crippen LogP contribution in [0.15, 0.2) is 29.2 Å². The zero-order valence-electron chi connectivity index (χ0n) is 15.9. The lowest BCUT2D eigenvalue weighted by atomic mass is 9.95. The summed E-state index contributed by atoms with van der Waals surface area (Å²) in [6.07, 6.45) is 4.30. The quantitative estimate of drug-likeness (QED) is 0.780. The fourth-order valence-electron chi connectivity index (χ4n) is 5.08. The maximum Gasteiger partial charge on any atom is 0.275 e. The van der Waals surface area contributed by atoms with Crippen LogP contribution >= 0.6 is 11.6 Å². The minimum atomic E-state index is -0.889. The number of hydrogen-bond donors (Lipinski definition) is 2. The molecule has 1 aromatic heterocycles. The Bertz CT molecular complexity index is 1150. The molecule has 1 saturated carbocycles. The maximum atomic E-state index is 13.2. The first-order valence-corrected chi connectivity index (χ1v) is 10.2. The molecule has 1 aliphatic carbocycles. The Morgan fingerprint density at radius 3 is 2.87 bits per heavy atom. The van der Waals surface area contributed by atoms with Gasteiger partial charge in [0.05, 0.1) is 6.04 Å². The van der Waals surface area contributed by atoms with Gasteiger partial charge in [-0.25, -0.2) is 4.39 Å². The lowest BCUT2D eigenvalue weighted by Gasteiger charge is -2.40. The van der Waals surface area contributed by atoms with Crippen LogP contribution in [0.5, 0.6) is 5.75 Å². The van der Waals surface area contributed by atoms with Crippen molar-refractivity contribution in [2.45, 2.75) is 44.4 Å². The van der Waals surface area contributed by atoms with Crippen molar-refractivity contribution in [1.82, 2.24) is 14.8 Å². The minimum absolute atomic E-state index is 0.0149. The van der Waals surface area contributed by atoms with Gasteiger partial charge in [0, 0.05) is 30.4 Å². The molecule has 0 spiro atoms. The number of nitrogens with zero attached hydrogens (tertiary/aromatic N) is 2. The van der Waals surface area contributed by atoms with Crippen LogP contribution in [0.2, 0.25) is 5.02 Å². The fraction of sp³-hybridized carbons (Fsp3) is 0.381. The van der Waals surface area contributed by atoms with Crippen LogP contribution in [0.3, 0.4) is 0 Å². The van der Waals surface area contributed by atoms with Gasteiger partial charge in [0.1, 0.15) is 11.4 Å². The van der Waals surface area contributed by atoms with E-state index in [9.17, 15) is 23.9 Å². The summed E-state index contributed by atoms with van der Waals surface area (Å²) in [5, 5.41) is 13.2. The number of rotatable bonds is 3. The Labute approximate surface area is 176 Å². The van der Waals surface area contributed by atoms with Gasteiger partial charge in [-0.1, -0.05) is 17.7 Å². The first-order valence-electron chi connectivity index (χ1n) is 9.86. The third-order valence-corrected chi connectivity index (χ3v) is 6.87. The second-order valence-corrected chi connectivity index (χ2v) is 8.55. The number of hydrogen-bond acceptors (Lipinski definition) is 4. The molecule has 30 heavy (non-hydrogen) atoms. The molecule has 3 atom stereocenters. The van der Waals surface area contributed by atoms with Gasteiger partial charge in [-0.05, 0) is 42.9 Å². The van der Waals surface area contributed by atoms with E-state index in [2.05, 4.69) is 5.32 Å². The van der Waals surface area contributed by atoms with Gasteiger partial charge in [0.15, 0.2) is 11.4 Å². The van der Waals surface area contributed by atoms with Crippen LogP contribution in [0.4, 0.5) is 4.39 Å². The van der Waals surface area contributed by atoms with Crippen molar-refractivity contribution in [2.75, 3.05) is 0 Å². The maximum absolute atomic E-state index is 13.2. The van der Waals surface area contributed by atoms with Gasteiger partial charge in [-0.15, -0.1) is 0 Å². The third-order valence-electron chi connectivity index (χ3n) is 6.52. The molecule has 2 aromatic rings. The van der Waals surface area contributed by atoms with Crippen molar-refractivity contribution in [2.24, 2.45) is 5.92 Å². The van der Waals surface area contributed by atoms with E-state index < -0.39 is 22.9 Å². The van der Waals surface area contributed by atoms with Crippen LogP contribution < -0.4 is 10.7 Å². The van der Waals surface area contributed by atoms with Crippen LogP contribution in [0, 0.1) is 11.7 Å². The molecule has 1 saturated heterocycles. The number of amides is 2. The van der Waals surface area contributed by atoms with E-state index >= 15 is 0 Å². The average molecular weight is 432 g/mol. The summed E-state index contributed by atoms with van der Waals surface area (Å²) in [6.45, 7) is 0.430. The molecule has 3 heterocycles. The van der Waals surface area contributed by atoms with Crippen LogP contribution in [0.25, 0.3) is 0 Å². The highest BCUT2D eigenvalue weighted by Crippen LogP contribution is 2.45. The van der Waals surface area contributed by atoms with Gasteiger partial charge < -0.3 is 19.9 Å². The van der Waals surface area contributed by atoms with E-state index in [1.807, 2.05) is 0 Å². The molecule has 2 fully saturated rings. The number of piperidine rings is 1. The molecule has 0 radical (unpaired) electrons. The molecule has 1 aromatic carbocycles. The second-order valence-electron chi connectivity index (χ2n) is 8.15. The highest BCUT2D eigenvalue weighted by atomic mass is 35.5. The van der Waals surface area contributed by atoms with E-state index in [-0.39, 0.29) is 40.8 Å². The molecular formula is C21H19ClFN3O4. The molecule has 7 nitrogen and oxygen atoms in total. The average Bonchev–Trinajstić information content (AvgIpc) is 3.32. The normalized spacial score (nSPS) is 24.0. The smallest absolute Gasteiger partial charge is 0.275 e.